The lowest BCUT2D eigenvalue weighted by atomic mass is 9.90. The Hall–Kier alpha value is -1.82. The molecule has 1 saturated heterocycles. The molecule has 1 aliphatic rings. The van der Waals surface area contributed by atoms with Gasteiger partial charge in [-0.3, -0.25) is 4.90 Å². The second-order valence-corrected chi connectivity index (χ2v) is 7.15. The molecule has 3 atom stereocenters. The molecule has 0 amide bonds. The lowest BCUT2D eigenvalue weighted by Gasteiger charge is -2.39. The first kappa shape index (κ1) is 19.0. The summed E-state index contributed by atoms with van der Waals surface area (Å²) in [4.78, 5) is 2.36. The standard InChI is InChI=1S/C21H26F2N2O/c1-15(18-9-19(22)11-20(23)10-18)24-21-13-25(8-7-17(21)14-26)12-16-5-3-2-4-6-16/h2-6,9-11,15,17,21,24,26H,7-8,12-14H2,1H3/t15-,17+,21+/m0/s1. The van der Waals surface area contributed by atoms with Gasteiger partial charge in [-0.1, -0.05) is 30.3 Å². The number of hydrogen-bond acceptors (Lipinski definition) is 3. The Morgan fingerprint density at radius 3 is 2.50 bits per heavy atom. The van der Waals surface area contributed by atoms with Gasteiger partial charge in [-0.25, -0.2) is 8.78 Å². The monoisotopic (exact) mass is 360 g/mol. The van der Waals surface area contributed by atoms with Gasteiger partial charge in [0.25, 0.3) is 0 Å². The first-order valence-corrected chi connectivity index (χ1v) is 9.14. The van der Waals surface area contributed by atoms with Gasteiger partial charge >= 0.3 is 0 Å². The quantitative estimate of drug-likeness (QED) is 0.828. The molecule has 26 heavy (non-hydrogen) atoms. The van der Waals surface area contributed by atoms with Crippen LogP contribution in [0.3, 0.4) is 0 Å². The number of rotatable bonds is 6. The maximum Gasteiger partial charge on any atom is 0.126 e. The fourth-order valence-electron chi connectivity index (χ4n) is 3.70. The summed E-state index contributed by atoms with van der Waals surface area (Å²) < 4.78 is 27.0. The Morgan fingerprint density at radius 2 is 1.85 bits per heavy atom. The summed E-state index contributed by atoms with van der Waals surface area (Å²) in [6, 6.07) is 13.8. The highest BCUT2D eigenvalue weighted by molar-refractivity contribution is 5.21. The number of nitrogens with one attached hydrogen (secondary N) is 1. The summed E-state index contributed by atoms with van der Waals surface area (Å²) in [5.74, 6) is -0.994. The molecular formula is C21H26F2N2O. The topological polar surface area (TPSA) is 35.5 Å². The van der Waals surface area contributed by atoms with E-state index in [-0.39, 0.29) is 24.6 Å². The van der Waals surface area contributed by atoms with E-state index in [1.807, 2.05) is 25.1 Å². The van der Waals surface area contributed by atoms with Gasteiger partial charge in [0, 0.05) is 37.8 Å². The molecule has 5 heteroatoms. The van der Waals surface area contributed by atoms with Crippen LogP contribution in [0.15, 0.2) is 48.5 Å². The van der Waals surface area contributed by atoms with Crippen LogP contribution in [0.5, 0.6) is 0 Å². The first-order chi connectivity index (χ1) is 12.5. The molecule has 0 radical (unpaired) electrons. The average Bonchev–Trinajstić information content (AvgIpc) is 2.62. The number of hydrogen-bond donors (Lipinski definition) is 2. The van der Waals surface area contributed by atoms with Crippen molar-refractivity contribution in [3.8, 4) is 0 Å². The van der Waals surface area contributed by atoms with Crippen molar-refractivity contribution < 1.29 is 13.9 Å². The highest BCUT2D eigenvalue weighted by Crippen LogP contribution is 2.23. The molecule has 0 bridgehead atoms. The maximum absolute atomic E-state index is 13.5. The van der Waals surface area contributed by atoms with Crippen LogP contribution in [0, 0.1) is 17.6 Å². The Balaban J connectivity index is 1.67. The molecule has 2 N–H and O–H groups in total. The molecule has 0 unspecified atom stereocenters. The number of aliphatic hydroxyl groups excluding tert-OH is 1. The van der Waals surface area contributed by atoms with Gasteiger partial charge in [0.05, 0.1) is 0 Å². The second-order valence-electron chi connectivity index (χ2n) is 7.15. The largest absolute Gasteiger partial charge is 0.396 e. The fraction of sp³-hybridized carbons (Fsp3) is 0.429. The third kappa shape index (κ3) is 4.87. The molecule has 2 aromatic rings. The van der Waals surface area contributed by atoms with Gasteiger partial charge in [-0.05, 0) is 49.1 Å². The molecule has 1 aliphatic heterocycles. The fourth-order valence-corrected chi connectivity index (χ4v) is 3.70. The van der Waals surface area contributed by atoms with Crippen molar-refractivity contribution in [2.24, 2.45) is 5.92 Å². The van der Waals surface area contributed by atoms with Crippen LogP contribution in [0.1, 0.15) is 30.5 Å². The van der Waals surface area contributed by atoms with Gasteiger partial charge < -0.3 is 10.4 Å². The van der Waals surface area contributed by atoms with Crippen LogP contribution in [0.2, 0.25) is 0 Å². The molecule has 2 aromatic carbocycles. The van der Waals surface area contributed by atoms with Crippen LogP contribution >= 0.6 is 0 Å². The lowest BCUT2D eigenvalue weighted by Crippen LogP contribution is -2.52. The zero-order valence-electron chi connectivity index (χ0n) is 15.0. The average molecular weight is 360 g/mol. The highest BCUT2D eigenvalue weighted by Gasteiger charge is 2.30. The van der Waals surface area contributed by atoms with Crippen molar-refractivity contribution in [1.82, 2.24) is 10.2 Å². The summed E-state index contributed by atoms with van der Waals surface area (Å²) in [7, 11) is 0. The van der Waals surface area contributed by atoms with Crippen LogP contribution in [0.4, 0.5) is 8.78 Å². The molecule has 0 aliphatic carbocycles. The highest BCUT2D eigenvalue weighted by atomic mass is 19.1. The van der Waals surface area contributed by atoms with E-state index in [9.17, 15) is 13.9 Å². The summed E-state index contributed by atoms with van der Waals surface area (Å²) in [5.41, 5.74) is 1.84. The molecule has 3 rings (SSSR count). The number of halogens is 2. The Kier molecular flexibility index (Phi) is 6.35. The minimum atomic E-state index is -0.568. The first-order valence-electron chi connectivity index (χ1n) is 9.14. The van der Waals surface area contributed by atoms with E-state index in [4.69, 9.17) is 0 Å². The van der Waals surface area contributed by atoms with Crippen molar-refractivity contribution in [3.05, 3.63) is 71.3 Å². The smallest absolute Gasteiger partial charge is 0.126 e. The molecule has 1 heterocycles. The van der Waals surface area contributed by atoms with Crippen molar-refractivity contribution in [3.63, 3.8) is 0 Å². The van der Waals surface area contributed by atoms with Crippen molar-refractivity contribution in [2.75, 3.05) is 19.7 Å². The molecular weight excluding hydrogens is 334 g/mol. The summed E-state index contributed by atoms with van der Waals surface area (Å²) in [6.45, 7) is 4.60. The number of likely N-dealkylation sites (tertiary alicyclic amines) is 1. The van der Waals surface area contributed by atoms with E-state index in [0.717, 1.165) is 32.1 Å². The minimum Gasteiger partial charge on any atom is -0.396 e. The van der Waals surface area contributed by atoms with E-state index in [1.165, 1.54) is 17.7 Å². The number of benzene rings is 2. The molecule has 3 nitrogen and oxygen atoms in total. The SMILES string of the molecule is C[C@H](N[C@@H]1CN(Cc2ccccc2)CC[C@@H]1CO)c1cc(F)cc(F)c1. The van der Waals surface area contributed by atoms with Crippen molar-refractivity contribution >= 4 is 0 Å². The zero-order chi connectivity index (χ0) is 18.5. The predicted octanol–water partition coefficient (Wildman–Crippen LogP) is 3.50. The molecule has 0 spiro atoms. The zero-order valence-corrected chi connectivity index (χ0v) is 15.0. The number of aliphatic hydroxyl groups is 1. The molecule has 140 valence electrons. The molecule has 0 aromatic heterocycles. The predicted molar refractivity (Wildman–Crippen MR) is 98.6 cm³/mol. The van der Waals surface area contributed by atoms with E-state index >= 15 is 0 Å². The third-order valence-corrected chi connectivity index (χ3v) is 5.17. The molecule has 0 saturated carbocycles. The molecule has 1 fully saturated rings. The van der Waals surface area contributed by atoms with E-state index in [0.29, 0.717) is 5.56 Å². The maximum atomic E-state index is 13.5. The van der Waals surface area contributed by atoms with Crippen LogP contribution in [-0.4, -0.2) is 35.7 Å². The van der Waals surface area contributed by atoms with Gasteiger partial charge in [0.15, 0.2) is 0 Å². The summed E-state index contributed by atoms with van der Waals surface area (Å²) in [6.07, 6.45) is 0.894. The van der Waals surface area contributed by atoms with E-state index < -0.39 is 11.6 Å². The Labute approximate surface area is 153 Å². The number of nitrogens with zero attached hydrogens (tertiary/aromatic N) is 1. The van der Waals surface area contributed by atoms with Crippen LogP contribution < -0.4 is 5.32 Å². The van der Waals surface area contributed by atoms with Gasteiger partial charge in [0.2, 0.25) is 0 Å². The summed E-state index contributed by atoms with van der Waals surface area (Å²) in [5, 5.41) is 13.2. The van der Waals surface area contributed by atoms with Gasteiger partial charge in [-0.2, -0.15) is 0 Å². The van der Waals surface area contributed by atoms with Gasteiger partial charge in [-0.15, -0.1) is 0 Å². The minimum absolute atomic E-state index is 0.0683. The van der Waals surface area contributed by atoms with Crippen molar-refractivity contribution in [1.29, 1.82) is 0 Å². The Morgan fingerprint density at radius 1 is 1.15 bits per heavy atom. The van der Waals surface area contributed by atoms with Crippen LogP contribution in [0.25, 0.3) is 0 Å². The van der Waals surface area contributed by atoms with E-state index in [1.54, 1.807) is 0 Å². The van der Waals surface area contributed by atoms with E-state index in [2.05, 4.69) is 22.3 Å². The van der Waals surface area contributed by atoms with Gasteiger partial charge in [0.1, 0.15) is 11.6 Å². The number of piperidine rings is 1. The van der Waals surface area contributed by atoms with Crippen LogP contribution in [-0.2, 0) is 6.54 Å². The van der Waals surface area contributed by atoms with Crippen molar-refractivity contribution in [2.45, 2.75) is 32.0 Å². The Bertz CT molecular complexity index is 690. The lowest BCUT2D eigenvalue weighted by molar-refractivity contribution is 0.0866. The second kappa shape index (κ2) is 8.71. The normalized spacial score (nSPS) is 22.3. The summed E-state index contributed by atoms with van der Waals surface area (Å²) >= 11 is 0. The third-order valence-electron chi connectivity index (χ3n) is 5.17.